The zero-order valence-electron chi connectivity index (χ0n) is 13.3. The summed E-state index contributed by atoms with van der Waals surface area (Å²) in [7, 11) is 0. The predicted molar refractivity (Wildman–Crippen MR) is 90.0 cm³/mol. The highest BCUT2D eigenvalue weighted by Crippen LogP contribution is 2.31. The molecule has 0 atom stereocenters. The molecule has 4 N–H and O–H groups in total. The van der Waals surface area contributed by atoms with E-state index in [0.717, 1.165) is 58.0 Å². The van der Waals surface area contributed by atoms with Crippen molar-refractivity contribution in [1.29, 1.82) is 0 Å². The third-order valence-electron chi connectivity index (χ3n) is 3.89. The predicted octanol–water partition coefficient (Wildman–Crippen LogP) is 4.38. The van der Waals surface area contributed by atoms with Crippen molar-refractivity contribution in [3.63, 3.8) is 0 Å². The van der Waals surface area contributed by atoms with Crippen molar-refractivity contribution in [2.24, 2.45) is 0 Å². The van der Waals surface area contributed by atoms with E-state index in [2.05, 4.69) is 13.8 Å². The van der Waals surface area contributed by atoms with E-state index >= 15 is 0 Å². The molecule has 21 heavy (non-hydrogen) atoms. The molecule has 0 fully saturated rings. The van der Waals surface area contributed by atoms with Gasteiger partial charge in [0.15, 0.2) is 0 Å². The average molecular weight is 284 g/mol. The van der Waals surface area contributed by atoms with Crippen LogP contribution in [-0.4, -0.2) is 0 Å². The molecule has 0 aliphatic heterocycles. The number of anilines is 2. The molecule has 0 radical (unpaired) electrons. The minimum Gasteiger partial charge on any atom is -0.457 e. The molecule has 2 aromatic carbocycles. The smallest absolute Gasteiger partial charge is 0.128 e. The number of hydrogen-bond donors (Lipinski definition) is 2. The zero-order valence-corrected chi connectivity index (χ0v) is 13.3. The molecule has 0 aliphatic rings. The van der Waals surface area contributed by atoms with Gasteiger partial charge < -0.3 is 16.2 Å². The summed E-state index contributed by atoms with van der Waals surface area (Å²) < 4.78 is 6.02. The van der Waals surface area contributed by atoms with Crippen molar-refractivity contribution in [2.75, 3.05) is 11.5 Å². The Morgan fingerprint density at radius 1 is 0.762 bits per heavy atom. The van der Waals surface area contributed by atoms with E-state index in [4.69, 9.17) is 16.2 Å². The van der Waals surface area contributed by atoms with E-state index in [1.54, 1.807) is 0 Å². The Morgan fingerprint density at radius 2 is 1.14 bits per heavy atom. The maximum atomic E-state index is 6.07. The fourth-order valence-corrected chi connectivity index (χ4v) is 2.51. The van der Waals surface area contributed by atoms with Crippen LogP contribution in [0, 0.1) is 13.8 Å². The van der Waals surface area contributed by atoms with E-state index in [-0.39, 0.29) is 0 Å². The number of nitrogens with two attached hydrogens (primary N) is 2. The molecule has 0 saturated carbocycles. The molecule has 0 heterocycles. The molecule has 2 aromatic rings. The van der Waals surface area contributed by atoms with E-state index in [1.807, 2.05) is 38.1 Å². The fraction of sp³-hybridized carbons (Fsp3) is 0.333. The van der Waals surface area contributed by atoms with Crippen molar-refractivity contribution in [3.05, 3.63) is 46.5 Å². The summed E-state index contributed by atoms with van der Waals surface area (Å²) in [4.78, 5) is 0. The Hall–Kier alpha value is -2.16. The Balaban J connectivity index is 2.38. The van der Waals surface area contributed by atoms with Crippen molar-refractivity contribution < 1.29 is 4.74 Å². The van der Waals surface area contributed by atoms with Crippen molar-refractivity contribution in [2.45, 2.75) is 40.5 Å². The largest absolute Gasteiger partial charge is 0.457 e. The summed E-state index contributed by atoms with van der Waals surface area (Å²) in [6.07, 6.45) is 1.79. The fourth-order valence-electron chi connectivity index (χ4n) is 2.51. The first-order valence-corrected chi connectivity index (χ1v) is 7.42. The summed E-state index contributed by atoms with van der Waals surface area (Å²) in [5.41, 5.74) is 18.2. The number of hydrogen-bond acceptors (Lipinski definition) is 3. The second-order valence-electron chi connectivity index (χ2n) is 5.44. The van der Waals surface area contributed by atoms with Gasteiger partial charge in [-0.2, -0.15) is 0 Å². The Kier molecular flexibility index (Phi) is 4.41. The van der Waals surface area contributed by atoms with Crippen LogP contribution in [0.2, 0.25) is 0 Å². The molecule has 3 heteroatoms. The van der Waals surface area contributed by atoms with Crippen LogP contribution in [0.1, 0.15) is 36.1 Å². The Bertz CT molecular complexity index is 605. The van der Waals surface area contributed by atoms with Gasteiger partial charge in [0, 0.05) is 11.4 Å². The lowest BCUT2D eigenvalue weighted by Gasteiger charge is -2.14. The van der Waals surface area contributed by atoms with Crippen LogP contribution in [0.15, 0.2) is 24.3 Å². The van der Waals surface area contributed by atoms with E-state index < -0.39 is 0 Å². The zero-order chi connectivity index (χ0) is 15.6. The molecule has 2 rings (SSSR count). The van der Waals surface area contributed by atoms with E-state index in [1.165, 1.54) is 0 Å². The molecule has 0 aromatic heterocycles. The van der Waals surface area contributed by atoms with Crippen LogP contribution in [0.3, 0.4) is 0 Å². The van der Waals surface area contributed by atoms with Gasteiger partial charge in [0.2, 0.25) is 0 Å². The summed E-state index contributed by atoms with van der Waals surface area (Å²) >= 11 is 0. The minimum atomic E-state index is 0.824. The third kappa shape index (κ3) is 3.13. The molecule has 0 unspecified atom stereocenters. The molecule has 0 aliphatic carbocycles. The van der Waals surface area contributed by atoms with Crippen LogP contribution < -0.4 is 16.2 Å². The normalized spacial score (nSPS) is 10.7. The SMILES string of the molecule is CCc1cc(Oc2cc(C)c(N)c(CC)c2)cc(C)c1N. The molecule has 0 amide bonds. The summed E-state index contributed by atoms with van der Waals surface area (Å²) in [5, 5.41) is 0. The quantitative estimate of drug-likeness (QED) is 0.819. The van der Waals surface area contributed by atoms with Crippen LogP contribution in [-0.2, 0) is 12.8 Å². The molecule has 3 nitrogen and oxygen atoms in total. The third-order valence-corrected chi connectivity index (χ3v) is 3.89. The molecule has 0 bridgehead atoms. The standard InChI is InChI=1S/C18H24N2O/c1-5-13-9-15(7-11(3)17(13)19)21-16-8-12(4)18(20)14(6-2)10-16/h7-10H,5-6,19-20H2,1-4H3. The van der Waals surface area contributed by atoms with Gasteiger partial charge in [-0.3, -0.25) is 0 Å². The summed E-state index contributed by atoms with van der Waals surface area (Å²) in [6, 6.07) is 7.98. The van der Waals surface area contributed by atoms with Gasteiger partial charge in [-0.05, 0) is 73.2 Å². The van der Waals surface area contributed by atoms with Gasteiger partial charge in [0.1, 0.15) is 11.5 Å². The maximum absolute atomic E-state index is 6.07. The molecular formula is C18H24N2O. The first kappa shape index (κ1) is 15.2. The summed E-state index contributed by atoms with van der Waals surface area (Å²) in [5.74, 6) is 1.65. The number of benzene rings is 2. The first-order valence-electron chi connectivity index (χ1n) is 7.42. The highest BCUT2D eigenvalue weighted by atomic mass is 16.5. The first-order chi connectivity index (χ1) is 9.96. The monoisotopic (exact) mass is 284 g/mol. The van der Waals surface area contributed by atoms with Gasteiger partial charge in [0.05, 0.1) is 0 Å². The summed E-state index contributed by atoms with van der Waals surface area (Å²) in [6.45, 7) is 8.20. The van der Waals surface area contributed by atoms with E-state index in [9.17, 15) is 0 Å². The van der Waals surface area contributed by atoms with Crippen molar-refractivity contribution in [1.82, 2.24) is 0 Å². The average Bonchev–Trinajstić information content (AvgIpc) is 2.46. The lowest BCUT2D eigenvalue weighted by atomic mass is 10.0. The highest BCUT2D eigenvalue weighted by Gasteiger charge is 2.08. The molecule has 0 saturated heterocycles. The molecule has 112 valence electrons. The van der Waals surface area contributed by atoms with Gasteiger partial charge in [-0.15, -0.1) is 0 Å². The van der Waals surface area contributed by atoms with Gasteiger partial charge in [-0.1, -0.05) is 13.8 Å². The number of aryl methyl sites for hydroxylation is 4. The van der Waals surface area contributed by atoms with Crippen LogP contribution in [0.5, 0.6) is 11.5 Å². The molecular weight excluding hydrogens is 260 g/mol. The molecule has 0 spiro atoms. The van der Waals surface area contributed by atoms with Gasteiger partial charge in [0.25, 0.3) is 0 Å². The minimum absolute atomic E-state index is 0.824. The number of rotatable bonds is 4. The highest BCUT2D eigenvalue weighted by molar-refractivity contribution is 5.59. The van der Waals surface area contributed by atoms with Crippen LogP contribution in [0.4, 0.5) is 11.4 Å². The second-order valence-corrected chi connectivity index (χ2v) is 5.44. The van der Waals surface area contributed by atoms with Gasteiger partial charge in [-0.25, -0.2) is 0 Å². The Labute approximate surface area is 126 Å². The van der Waals surface area contributed by atoms with Crippen LogP contribution in [0.25, 0.3) is 0 Å². The number of ether oxygens (including phenoxy) is 1. The lowest BCUT2D eigenvalue weighted by molar-refractivity contribution is 0.481. The second kappa shape index (κ2) is 6.08. The Morgan fingerprint density at radius 3 is 1.48 bits per heavy atom. The maximum Gasteiger partial charge on any atom is 0.128 e. The van der Waals surface area contributed by atoms with E-state index in [0.29, 0.717) is 0 Å². The number of nitrogen functional groups attached to an aromatic ring is 2. The topological polar surface area (TPSA) is 61.3 Å². The van der Waals surface area contributed by atoms with Crippen molar-refractivity contribution >= 4 is 11.4 Å². The van der Waals surface area contributed by atoms with Crippen molar-refractivity contribution in [3.8, 4) is 11.5 Å². The lowest BCUT2D eigenvalue weighted by Crippen LogP contribution is -1.99. The van der Waals surface area contributed by atoms with Gasteiger partial charge >= 0.3 is 0 Å². The van der Waals surface area contributed by atoms with Crippen LogP contribution >= 0.6 is 0 Å².